The van der Waals surface area contributed by atoms with Gasteiger partial charge in [-0.15, -0.1) is 0 Å². The van der Waals surface area contributed by atoms with Crippen molar-refractivity contribution in [2.75, 3.05) is 20.2 Å². The third-order valence-electron chi connectivity index (χ3n) is 2.68. The van der Waals surface area contributed by atoms with Crippen LogP contribution >= 0.6 is 0 Å². The first kappa shape index (κ1) is 13.4. The minimum atomic E-state index is -1.12. The summed E-state index contributed by atoms with van der Waals surface area (Å²) >= 11 is 0. The van der Waals surface area contributed by atoms with E-state index >= 15 is 0 Å². The molecule has 1 fully saturated rings. The zero-order valence-corrected chi connectivity index (χ0v) is 9.80. The summed E-state index contributed by atoms with van der Waals surface area (Å²) in [7, 11) is 1.39. The van der Waals surface area contributed by atoms with E-state index in [1.807, 2.05) is 0 Å². The number of rotatable bonds is 4. The van der Waals surface area contributed by atoms with Crippen molar-refractivity contribution >= 4 is 17.8 Å². The smallest absolute Gasteiger partial charge is 0.305 e. The Balaban J connectivity index is 2.82. The summed E-state index contributed by atoms with van der Waals surface area (Å²) < 4.78 is 4.88. The molecule has 0 spiro atoms. The van der Waals surface area contributed by atoms with E-state index in [0.29, 0.717) is 13.1 Å². The maximum absolute atomic E-state index is 11.9. The molecule has 7 heteroatoms. The molecule has 1 aliphatic rings. The number of carboxylic acid groups (broad SMARTS) is 1. The maximum atomic E-state index is 11.9. The first-order chi connectivity index (χ1) is 7.97. The zero-order chi connectivity index (χ0) is 13.0. The number of aliphatic carboxylic acids is 1. The zero-order valence-electron chi connectivity index (χ0n) is 9.80. The molecule has 1 aliphatic heterocycles. The molecule has 2 atom stereocenters. The Morgan fingerprint density at radius 2 is 2.29 bits per heavy atom. The van der Waals surface area contributed by atoms with E-state index in [2.05, 4.69) is 5.32 Å². The first-order valence-electron chi connectivity index (χ1n) is 5.30. The van der Waals surface area contributed by atoms with Crippen molar-refractivity contribution in [3.63, 3.8) is 0 Å². The Morgan fingerprint density at radius 3 is 2.82 bits per heavy atom. The van der Waals surface area contributed by atoms with Crippen LogP contribution < -0.4 is 5.32 Å². The van der Waals surface area contributed by atoms with Crippen molar-refractivity contribution in [3.05, 3.63) is 0 Å². The number of carbonyl (C=O) groups is 3. The minimum Gasteiger partial charge on any atom is -0.481 e. The third-order valence-corrected chi connectivity index (χ3v) is 2.68. The van der Waals surface area contributed by atoms with Gasteiger partial charge in [0.2, 0.25) is 5.91 Å². The second kappa shape index (κ2) is 5.62. The Morgan fingerprint density at radius 1 is 1.65 bits per heavy atom. The lowest BCUT2D eigenvalue weighted by Gasteiger charge is -2.35. The summed E-state index contributed by atoms with van der Waals surface area (Å²) in [6.45, 7) is 2.19. The highest BCUT2D eigenvalue weighted by Crippen LogP contribution is 2.11. The predicted molar refractivity (Wildman–Crippen MR) is 57.2 cm³/mol. The standard InChI is InChI=1S/C10H16N2O5/c1-6(17-2)10(16)12-4-3-11-9(15)7(12)5-8(13)14/h6-7H,3-5H2,1-2H3,(H,11,15)(H,13,14). The fraction of sp³-hybridized carbons (Fsp3) is 0.700. The second-order valence-corrected chi connectivity index (χ2v) is 3.81. The molecule has 0 aliphatic carbocycles. The monoisotopic (exact) mass is 244 g/mol. The highest BCUT2D eigenvalue weighted by Gasteiger charge is 2.36. The highest BCUT2D eigenvalue weighted by atomic mass is 16.5. The number of carboxylic acids is 1. The molecule has 1 saturated heterocycles. The van der Waals surface area contributed by atoms with E-state index in [-0.39, 0.29) is 5.91 Å². The predicted octanol–water partition coefficient (Wildman–Crippen LogP) is -1.18. The number of ether oxygens (including phenoxy) is 1. The average molecular weight is 244 g/mol. The molecule has 0 aromatic carbocycles. The first-order valence-corrected chi connectivity index (χ1v) is 5.30. The van der Waals surface area contributed by atoms with Gasteiger partial charge in [-0.05, 0) is 6.92 Å². The molecule has 0 aromatic heterocycles. The third kappa shape index (κ3) is 3.16. The molecule has 1 heterocycles. The Bertz CT molecular complexity index is 331. The number of amides is 2. The molecule has 0 radical (unpaired) electrons. The quantitative estimate of drug-likeness (QED) is 0.649. The van der Waals surface area contributed by atoms with Crippen LogP contribution in [0.3, 0.4) is 0 Å². The van der Waals surface area contributed by atoms with E-state index in [4.69, 9.17) is 9.84 Å². The lowest BCUT2D eigenvalue weighted by molar-refractivity contribution is -0.153. The van der Waals surface area contributed by atoms with Crippen LogP contribution in [-0.4, -0.2) is 60.1 Å². The van der Waals surface area contributed by atoms with Gasteiger partial charge >= 0.3 is 5.97 Å². The van der Waals surface area contributed by atoms with Gasteiger partial charge in [-0.3, -0.25) is 14.4 Å². The van der Waals surface area contributed by atoms with Crippen LogP contribution in [0.15, 0.2) is 0 Å². The summed E-state index contributed by atoms with van der Waals surface area (Å²) in [4.78, 5) is 35.4. The van der Waals surface area contributed by atoms with Gasteiger partial charge in [0.25, 0.3) is 5.91 Å². The van der Waals surface area contributed by atoms with Gasteiger partial charge in [-0.2, -0.15) is 0 Å². The number of hydrogen-bond donors (Lipinski definition) is 2. The molecule has 7 nitrogen and oxygen atoms in total. The Kier molecular flexibility index (Phi) is 4.45. The van der Waals surface area contributed by atoms with Gasteiger partial charge in [-0.25, -0.2) is 0 Å². The van der Waals surface area contributed by atoms with Crippen molar-refractivity contribution in [1.82, 2.24) is 10.2 Å². The number of nitrogens with zero attached hydrogens (tertiary/aromatic N) is 1. The molecule has 0 saturated carbocycles. The van der Waals surface area contributed by atoms with Crippen LogP contribution in [0.2, 0.25) is 0 Å². The van der Waals surface area contributed by atoms with E-state index in [0.717, 1.165) is 0 Å². The normalized spacial score (nSPS) is 21.9. The molecule has 96 valence electrons. The van der Waals surface area contributed by atoms with Crippen LogP contribution in [0.25, 0.3) is 0 Å². The summed E-state index contributed by atoms with van der Waals surface area (Å²) in [5.41, 5.74) is 0. The van der Waals surface area contributed by atoms with E-state index < -0.39 is 30.4 Å². The fourth-order valence-corrected chi connectivity index (χ4v) is 1.68. The van der Waals surface area contributed by atoms with Gasteiger partial charge in [0, 0.05) is 20.2 Å². The molecule has 17 heavy (non-hydrogen) atoms. The van der Waals surface area contributed by atoms with Gasteiger partial charge in [0.15, 0.2) is 0 Å². The maximum Gasteiger partial charge on any atom is 0.305 e. The molecular weight excluding hydrogens is 228 g/mol. The average Bonchev–Trinajstić information content (AvgIpc) is 2.29. The second-order valence-electron chi connectivity index (χ2n) is 3.81. The summed E-state index contributed by atoms with van der Waals surface area (Å²) in [6.07, 6.45) is -1.08. The molecule has 0 bridgehead atoms. The fourth-order valence-electron chi connectivity index (χ4n) is 1.68. The van der Waals surface area contributed by atoms with Crippen LogP contribution in [0.1, 0.15) is 13.3 Å². The topological polar surface area (TPSA) is 95.9 Å². The lowest BCUT2D eigenvalue weighted by atomic mass is 10.1. The molecule has 2 N–H and O–H groups in total. The van der Waals surface area contributed by atoms with Crippen LogP contribution in [0.5, 0.6) is 0 Å². The van der Waals surface area contributed by atoms with E-state index in [9.17, 15) is 14.4 Å². The minimum absolute atomic E-state index is 0.302. The van der Waals surface area contributed by atoms with Gasteiger partial charge < -0.3 is 20.1 Å². The van der Waals surface area contributed by atoms with Crippen LogP contribution in [-0.2, 0) is 19.1 Å². The summed E-state index contributed by atoms with van der Waals surface area (Å²) in [5.74, 6) is -1.92. The lowest BCUT2D eigenvalue weighted by Crippen LogP contribution is -2.59. The molecule has 2 amide bonds. The molecule has 2 unspecified atom stereocenters. The summed E-state index contributed by atoms with van der Waals surface area (Å²) in [6, 6.07) is -0.952. The van der Waals surface area contributed by atoms with Crippen LogP contribution in [0, 0.1) is 0 Å². The number of hydrogen-bond acceptors (Lipinski definition) is 4. The highest BCUT2D eigenvalue weighted by molar-refractivity contribution is 5.92. The number of nitrogens with one attached hydrogen (secondary N) is 1. The number of carbonyl (C=O) groups excluding carboxylic acids is 2. The Hall–Kier alpha value is -1.63. The van der Waals surface area contributed by atoms with Crippen molar-refractivity contribution in [1.29, 1.82) is 0 Å². The number of piperazine rings is 1. The SMILES string of the molecule is COC(C)C(=O)N1CCNC(=O)C1CC(=O)O. The van der Waals surface area contributed by atoms with Gasteiger partial charge in [-0.1, -0.05) is 0 Å². The molecular formula is C10H16N2O5. The van der Waals surface area contributed by atoms with E-state index in [1.54, 1.807) is 6.92 Å². The number of methoxy groups -OCH3 is 1. The molecule has 0 aromatic rings. The van der Waals surface area contributed by atoms with Crippen molar-refractivity contribution in [2.24, 2.45) is 0 Å². The summed E-state index contributed by atoms with van der Waals surface area (Å²) in [5, 5.41) is 11.3. The van der Waals surface area contributed by atoms with Gasteiger partial charge in [0.1, 0.15) is 12.1 Å². The largest absolute Gasteiger partial charge is 0.481 e. The van der Waals surface area contributed by atoms with Gasteiger partial charge in [0.05, 0.1) is 6.42 Å². The molecule has 1 rings (SSSR count). The Labute approximate surface area is 98.7 Å². The van der Waals surface area contributed by atoms with E-state index in [1.165, 1.54) is 12.0 Å². The van der Waals surface area contributed by atoms with Crippen molar-refractivity contribution in [2.45, 2.75) is 25.5 Å². The van der Waals surface area contributed by atoms with Crippen LogP contribution in [0.4, 0.5) is 0 Å². The van der Waals surface area contributed by atoms with Crippen molar-refractivity contribution in [3.8, 4) is 0 Å². The van der Waals surface area contributed by atoms with Crippen molar-refractivity contribution < 1.29 is 24.2 Å².